The number of anilines is 2. The van der Waals surface area contributed by atoms with E-state index in [-0.39, 0.29) is 11.8 Å². The molecule has 0 saturated heterocycles. The van der Waals surface area contributed by atoms with Crippen LogP contribution in [0.25, 0.3) is 10.9 Å². The summed E-state index contributed by atoms with van der Waals surface area (Å²) in [5.41, 5.74) is 9.27. The number of fused-ring (bicyclic) bond motifs is 1. The van der Waals surface area contributed by atoms with E-state index in [0.29, 0.717) is 17.9 Å². The van der Waals surface area contributed by atoms with Crippen LogP contribution in [-0.4, -0.2) is 28.3 Å². The number of aromatic amines is 1. The van der Waals surface area contributed by atoms with Gasteiger partial charge in [-0.25, -0.2) is 0 Å². The van der Waals surface area contributed by atoms with Crippen LogP contribution in [0.1, 0.15) is 18.4 Å². The predicted molar refractivity (Wildman–Crippen MR) is 101 cm³/mol. The highest BCUT2D eigenvalue weighted by molar-refractivity contribution is 5.98. The first-order valence-corrected chi connectivity index (χ1v) is 8.75. The summed E-state index contributed by atoms with van der Waals surface area (Å²) in [6.07, 6.45) is -2.91. The maximum atomic E-state index is 12.3. The summed E-state index contributed by atoms with van der Waals surface area (Å²) in [5, 5.41) is 11.1. The fraction of sp³-hybridized carbons (Fsp3) is 0.263. The number of ether oxygens (including phenoxy) is 1. The molecule has 2 aromatic carbocycles. The van der Waals surface area contributed by atoms with Crippen molar-refractivity contribution in [1.29, 1.82) is 0 Å². The van der Waals surface area contributed by atoms with Crippen LogP contribution in [0.5, 0.6) is 5.75 Å². The Kier molecular flexibility index (Phi) is 4.58. The van der Waals surface area contributed by atoms with Gasteiger partial charge in [0.15, 0.2) is 5.82 Å². The molecule has 1 aliphatic rings. The van der Waals surface area contributed by atoms with Gasteiger partial charge in [0.05, 0.1) is 18.1 Å². The van der Waals surface area contributed by atoms with Crippen molar-refractivity contribution >= 4 is 28.1 Å². The molecule has 28 heavy (non-hydrogen) atoms. The molecule has 0 aliphatic heterocycles. The predicted octanol–water partition coefficient (Wildman–Crippen LogP) is 4.26. The molecule has 0 radical (unpaired) electrons. The van der Waals surface area contributed by atoms with E-state index in [1.54, 1.807) is 6.07 Å². The van der Waals surface area contributed by atoms with Gasteiger partial charge in [-0.2, -0.15) is 5.10 Å². The lowest BCUT2D eigenvalue weighted by molar-refractivity contribution is -0.274. The van der Waals surface area contributed by atoms with Crippen molar-refractivity contribution in [2.24, 2.45) is 4.99 Å². The first kappa shape index (κ1) is 18.1. The molecule has 6 nitrogen and oxygen atoms in total. The van der Waals surface area contributed by atoms with Gasteiger partial charge in [0.2, 0.25) is 0 Å². The molecule has 1 unspecified atom stereocenters. The number of rotatable bonds is 5. The van der Waals surface area contributed by atoms with Crippen LogP contribution in [0, 0.1) is 0 Å². The summed E-state index contributed by atoms with van der Waals surface area (Å²) in [7, 11) is 0. The number of hydrogen-bond donors (Lipinski definition) is 3. The Morgan fingerprint density at radius 1 is 1.25 bits per heavy atom. The maximum Gasteiger partial charge on any atom is 0.573 e. The highest BCUT2D eigenvalue weighted by atomic mass is 19.4. The number of H-pyrrole nitrogens is 1. The Balaban J connectivity index is 1.41. The van der Waals surface area contributed by atoms with Gasteiger partial charge < -0.3 is 15.8 Å². The lowest BCUT2D eigenvalue weighted by atomic mass is 9.89. The van der Waals surface area contributed by atoms with Crippen LogP contribution < -0.4 is 15.8 Å². The number of aromatic nitrogens is 2. The van der Waals surface area contributed by atoms with E-state index in [0.717, 1.165) is 35.1 Å². The van der Waals surface area contributed by atoms with Gasteiger partial charge in [0.1, 0.15) is 5.75 Å². The second-order valence-electron chi connectivity index (χ2n) is 6.61. The van der Waals surface area contributed by atoms with Crippen LogP contribution >= 0.6 is 0 Å². The lowest BCUT2D eigenvalue weighted by Crippen LogP contribution is -2.38. The number of hydrogen-bond acceptors (Lipinski definition) is 5. The normalized spacial score (nSPS) is 18.2. The van der Waals surface area contributed by atoms with Gasteiger partial charge in [-0.1, -0.05) is 12.1 Å². The van der Waals surface area contributed by atoms with Crippen LogP contribution in [0.3, 0.4) is 0 Å². The summed E-state index contributed by atoms with van der Waals surface area (Å²) in [5.74, 6) is 0.210. The third-order valence-electron chi connectivity index (χ3n) is 4.62. The number of nitrogen functional groups attached to an aromatic ring is 1. The van der Waals surface area contributed by atoms with Crippen LogP contribution in [0.2, 0.25) is 0 Å². The third kappa shape index (κ3) is 4.03. The standard InChI is InChI=1S/C19H18F3N5O/c20-19(21,22)28-13-3-1-2-11(8-13)10-24-16-6-7-17(16)25-12-4-5-15-14(9-12)18(23)27-26-15/h1-5,8-9,17,25H,6-7,10H2,(H3,23,26,27). The number of aliphatic imine (C=N–C) groups is 1. The zero-order valence-electron chi connectivity index (χ0n) is 14.8. The quantitative estimate of drug-likeness (QED) is 0.608. The van der Waals surface area contributed by atoms with Gasteiger partial charge in [-0.3, -0.25) is 10.1 Å². The smallest absolute Gasteiger partial charge is 0.406 e. The Hall–Kier alpha value is -3.23. The highest BCUT2D eigenvalue weighted by Crippen LogP contribution is 2.27. The van der Waals surface area contributed by atoms with Crippen molar-refractivity contribution in [3.05, 3.63) is 48.0 Å². The van der Waals surface area contributed by atoms with Crippen molar-refractivity contribution < 1.29 is 17.9 Å². The molecule has 1 heterocycles. The first-order chi connectivity index (χ1) is 13.4. The van der Waals surface area contributed by atoms with E-state index in [2.05, 4.69) is 25.2 Å². The molecule has 3 aromatic rings. The minimum Gasteiger partial charge on any atom is -0.406 e. The van der Waals surface area contributed by atoms with E-state index in [1.807, 2.05) is 18.2 Å². The van der Waals surface area contributed by atoms with E-state index >= 15 is 0 Å². The molecular formula is C19H18F3N5O. The van der Waals surface area contributed by atoms with Crippen molar-refractivity contribution in [3.63, 3.8) is 0 Å². The van der Waals surface area contributed by atoms with Crippen LogP contribution in [0.4, 0.5) is 24.7 Å². The van der Waals surface area contributed by atoms with E-state index < -0.39 is 6.36 Å². The largest absolute Gasteiger partial charge is 0.573 e. The Labute approximate surface area is 158 Å². The number of nitrogens with zero attached hydrogens (tertiary/aromatic N) is 2. The highest BCUT2D eigenvalue weighted by Gasteiger charge is 2.31. The second kappa shape index (κ2) is 7.06. The van der Waals surface area contributed by atoms with Crippen LogP contribution in [-0.2, 0) is 6.54 Å². The Morgan fingerprint density at radius 3 is 2.86 bits per heavy atom. The SMILES string of the molecule is Nc1n[nH]c2ccc(NC3CCC3=NCc3cccc(OC(F)(F)F)c3)cc12. The summed E-state index contributed by atoms with van der Waals surface area (Å²) in [4.78, 5) is 4.56. The zero-order chi connectivity index (χ0) is 19.7. The maximum absolute atomic E-state index is 12.3. The molecule has 1 fully saturated rings. The van der Waals surface area contributed by atoms with E-state index in [9.17, 15) is 13.2 Å². The Morgan fingerprint density at radius 2 is 2.11 bits per heavy atom. The molecule has 146 valence electrons. The average Bonchev–Trinajstić information content (AvgIpc) is 2.98. The molecule has 1 saturated carbocycles. The fourth-order valence-electron chi connectivity index (χ4n) is 3.12. The topological polar surface area (TPSA) is 88.3 Å². The molecule has 4 N–H and O–H groups in total. The molecule has 9 heteroatoms. The molecule has 1 aromatic heterocycles. The molecule has 0 bridgehead atoms. The number of alkyl halides is 3. The van der Waals surface area contributed by atoms with Gasteiger partial charge in [0, 0.05) is 16.8 Å². The van der Waals surface area contributed by atoms with Gasteiger partial charge in [0.25, 0.3) is 0 Å². The van der Waals surface area contributed by atoms with Crippen molar-refractivity contribution in [1.82, 2.24) is 10.2 Å². The number of benzene rings is 2. The van der Waals surface area contributed by atoms with Crippen LogP contribution in [0.15, 0.2) is 47.5 Å². The minimum atomic E-state index is -4.70. The number of nitrogens with two attached hydrogens (primary N) is 1. The summed E-state index contributed by atoms with van der Waals surface area (Å²) < 4.78 is 41.0. The number of nitrogens with one attached hydrogen (secondary N) is 2. The van der Waals surface area contributed by atoms with Gasteiger partial charge in [-0.15, -0.1) is 13.2 Å². The fourth-order valence-corrected chi connectivity index (χ4v) is 3.12. The van der Waals surface area contributed by atoms with Crippen molar-refractivity contribution in [2.45, 2.75) is 31.8 Å². The molecule has 4 rings (SSSR count). The van der Waals surface area contributed by atoms with Crippen molar-refractivity contribution in [2.75, 3.05) is 11.1 Å². The van der Waals surface area contributed by atoms with Gasteiger partial charge in [-0.05, 0) is 48.7 Å². The number of halogens is 3. The van der Waals surface area contributed by atoms with E-state index in [1.165, 1.54) is 18.2 Å². The summed E-state index contributed by atoms with van der Waals surface area (Å²) in [6.45, 7) is 0.302. The van der Waals surface area contributed by atoms with Gasteiger partial charge >= 0.3 is 6.36 Å². The van der Waals surface area contributed by atoms with Crippen molar-refractivity contribution in [3.8, 4) is 5.75 Å². The second-order valence-corrected chi connectivity index (χ2v) is 6.61. The summed E-state index contributed by atoms with van der Waals surface area (Å²) in [6, 6.07) is 11.8. The summed E-state index contributed by atoms with van der Waals surface area (Å²) >= 11 is 0. The zero-order valence-corrected chi connectivity index (χ0v) is 14.8. The minimum absolute atomic E-state index is 0.0974. The lowest BCUT2D eigenvalue weighted by Gasteiger charge is -2.30. The first-order valence-electron chi connectivity index (χ1n) is 8.75. The molecule has 1 atom stereocenters. The molecule has 0 amide bonds. The average molecular weight is 389 g/mol. The Bertz CT molecular complexity index is 1030. The molecule has 0 spiro atoms. The molecule has 1 aliphatic carbocycles. The molecular weight excluding hydrogens is 371 g/mol. The van der Waals surface area contributed by atoms with E-state index in [4.69, 9.17) is 5.73 Å². The third-order valence-corrected chi connectivity index (χ3v) is 4.62. The monoisotopic (exact) mass is 389 g/mol.